The fourth-order valence-corrected chi connectivity index (χ4v) is 3.41. The number of rotatable bonds is 4. The van der Waals surface area contributed by atoms with Gasteiger partial charge in [-0.25, -0.2) is 4.98 Å². The van der Waals surface area contributed by atoms with Gasteiger partial charge in [0, 0.05) is 24.5 Å². The molecule has 0 unspecified atom stereocenters. The highest BCUT2D eigenvalue weighted by atomic mass is 32.1. The average Bonchev–Trinajstić information content (AvgIpc) is 3.04. The maximum Gasteiger partial charge on any atom is 0.314 e. The van der Waals surface area contributed by atoms with Gasteiger partial charge in [-0.15, -0.1) is 11.3 Å². The van der Waals surface area contributed by atoms with Gasteiger partial charge in [0.05, 0.1) is 16.6 Å². The third-order valence-corrected chi connectivity index (χ3v) is 5.02. The van der Waals surface area contributed by atoms with Crippen molar-refractivity contribution >= 4 is 28.9 Å². The molecule has 1 aromatic heterocycles. The first kappa shape index (κ1) is 15.7. The van der Waals surface area contributed by atoms with Gasteiger partial charge >= 0.3 is 5.97 Å². The molecule has 0 radical (unpaired) electrons. The number of para-hydroxylation sites is 1. The molecule has 2 aromatic rings. The lowest BCUT2D eigenvalue weighted by atomic mass is 9.90. The van der Waals surface area contributed by atoms with Crippen molar-refractivity contribution in [3.05, 3.63) is 45.9 Å². The fraction of sp³-hybridized carbons (Fsp3) is 0.353. The maximum absolute atomic E-state index is 12.4. The number of aryl methyl sites for hydroxylation is 1. The molecule has 0 N–H and O–H groups in total. The van der Waals surface area contributed by atoms with Crippen LogP contribution in [0.5, 0.6) is 0 Å². The highest BCUT2D eigenvalue weighted by molar-refractivity contribution is 7.09. The maximum atomic E-state index is 12.4. The average molecular weight is 330 g/mol. The van der Waals surface area contributed by atoms with Gasteiger partial charge in [-0.1, -0.05) is 25.1 Å². The molecule has 0 saturated carbocycles. The minimum Gasteiger partial charge on any atom is -0.459 e. The molecule has 0 fully saturated rings. The molecular formula is C17H18N2O3S. The largest absolute Gasteiger partial charge is 0.459 e. The number of nitrogens with zero attached hydrogens (tertiary/aromatic N) is 2. The Morgan fingerprint density at radius 2 is 2.22 bits per heavy atom. The zero-order chi connectivity index (χ0) is 16.4. The predicted molar refractivity (Wildman–Crippen MR) is 88.5 cm³/mol. The van der Waals surface area contributed by atoms with E-state index < -0.39 is 5.92 Å². The summed E-state index contributed by atoms with van der Waals surface area (Å²) in [6.45, 7) is 2.19. The van der Waals surface area contributed by atoms with Crippen LogP contribution < -0.4 is 4.90 Å². The Hall–Kier alpha value is -2.21. The number of carbonyl (C=O) groups excluding carboxylic acids is 2. The van der Waals surface area contributed by atoms with E-state index in [2.05, 4.69) is 4.98 Å². The van der Waals surface area contributed by atoms with Crippen LogP contribution in [0.25, 0.3) is 0 Å². The summed E-state index contributed by atoms with van der Waals surface area (Å²) >= 11 is 1.56. The minimum absolute atomic E-state index is 0.0763. The van der Waals surface area contributed by atoms with Gasteiger partial charge in [-0.05, 0) is 18.1 Å². The molecule has 0 spiro atoms. The number of esters is 1. The summed E-state index contributed by atoms with van der Waals surface area (Å²) in [4.78, 5) is 30.5. The van der Waals surface area contributed by atoms with E-state index in [1.807, 2.05) is 36.6 Å². The summed E-state index contributed by atoms with van der Waals surface area (Å²) in [5.74, 6) is -0.989. The van der Waals surface area contributed by atoms with Crippen LogP contribution in [0.4, 0.5) is 5.69 Å². The molecule has 1 atom stereocenters. The lowest BCUT2D eigenvalue weighted by Gasteiger charge is -2.30. The van der Waals surface area contributed by atoms with Crippen LogP contribution in [0.15, 0.2) is 29.6 Å². The Labute approximate surface area is 138 Å². The van der Waals surface area contributed by atoms with Crippen LogP contribution in [-0.2, 0) is 27.4 Å². The van der Waals surface area contributed by atoms with E-state index in [0.29, 0.717) is 0 Å². The Balaban J connectivity index is 1.74. The van der Waals surface area contributed by atoms with Gasteiger partial charge in [-0.3, -0.25) is 9.59 Å². The van der Waals surface area contributed by atoms with Crippen LogP contribution in [0, 0.1) is 0 Å². The number of benzene rings is 1. The molecule has 3 rings (SSSR count). The number of hydrogen-bond acceptors (Lipinski definition) is 5. The number of fused-ring (bicyclic) bond motifs is 1. The predicted octanol–water partition coefficient (Wildman–Crippen LogP) is 2.90. The van der Waals surface area contributed by atoms with E-state index in [9.17, 15) is 9.59 Å². The molecule has 120 valence electrons. The summed E-state index contributed by atoms with van der Waals surface area (Å²) in [7, 11) is 1.73. The van der Waals surface area contributed by atoms with Gasteiger partial charge in [0.2, 0.25) is 5.91 Å². The van der Waals surface area contributed by atoms with Gasteiger partial charge in [0.25, 0.3) is 0 Å². The Morgan fingerprint density at radius 1 is 1.43 bits per heavy atom. The Bertz CT molecular complexity index is 741. The number of anilines is 1. The molecular weight excluding hydrogens is 312 g/mol. The number of amides is 1. The highest BCUT2D eigenvalue weighted by Crippen LogP contribution is 2.35. The monoisotopic (exact) mass is 330 g/mol. The van der Waals surface area contributed by atoms with Crippen molar-refractivity contribution in [2.24, 2.45) is 0 Å². The second-order valence-electron chi connectivity index (χ2n) is 5.46. The molecule has 0 bridgehead atoms. The van der Waals surface area contributed by atoms with Crippen molar-refractivity contribution in [3.63, 3.8) is 0 Å². The van der Waals surface area contributed by atoms with Crippen molar-refractivity contribution in [2.45, 2.75) is 32.3 Å². The zero-order valence-corrected chi connectivity index (χ0v) is 13.9. The quantitative estimate of drug-likeness (QED) is 0.809. The van der Waals surface area contributed by atoms with E-state index in [1.165, 1.54) is 0 Å². The minimum atomic E-state index is -0.542. The van der Waals surface area contributed by atoms with E-state index >= 15 is 0 Å². The fourth-order valence-electron chi connectivity index (χ4n) is 2.68. The third-order valence-electron chi connectivity index (χ3n) is 3.97. The number of hydrogen-bond donors (Lipinski definition) is 0. The van der Waals surface area contributed by atoms with Crippen LogP contribution in [0.3, 0.4) is 0 Å². The van der Waals surface area contributed by atoms with E-state index in [1.54, 1.807) is 23.3 Å². The summed E-state index contributed by atoms with van der Waals surface area (Å²) in [5.41, 5.74) is 2.37. The van der Waals surface area contributed by atoms with Crippen molar-refractivity contribution < 1.29 is 14.3 Å². The number of aromatic nitrogens is 1. The number of thiazole rings is 1. The van der Waals surface area contributed by atoms with Crippen LogP contribution in [0.1, 0.15) is 35.5 Å². The lowest BCUT2D eigenvalue weighted by Crippen LogP contribution is -2.36. The second kappa shape index (κ2) is 6.50. The SMILES string of the molecule is CCc1nc(COC(=O)[C@@H]2CC(=O)N(C)c3ccccc32)cs1. The molecule has 1 aliphatic rings. The first-order valence-corrected chi connectivity index (χ1v) is 8.43. The van der Waals surface area contributed by atoms with Crippen molar-refractivity contribution in [2.75, 3.05) is 11.9 Å². The van der Waals surface area contributed by atoms with Crippen LogP contribution in [-0.4, -0.2) is 23.9 Å². The molecule has 6 heteroatoms. The Kier molecular flexibility index (Phi) is 4.43. The number of ether oxygens (including phenoxy) is 1. The van der Waals surface area contributed by atoms with Gasteiger partial charge in [0.1, 0.15) is 6.61 Å². The first-order chi connectivity index (χ1) is 11.1. The van der Waals surface area contributed by atoms with E-state index in [0.717, 1.165) is 28.4 Å². The standard InChI is InChI=1S/C17H18N2O3S/c1-3-15-18-11(10-23-15)9-22-17(21)13-8-16(20)19(2)14-7-5-4-6-12(13)14/h4-7,10,13H,3,8-9H2,1-2H3/t13-/m1/s1. The Morgan fingerprint density at radius 3 is 2.96 bits per heavy atom. The summed E-state index contributed by atoms with van der Waals surface area (Å²) < 4.78 is 5.40. The van der Waals surface area contributed by atoms with E-state index in [-0.39, 0.29) is 24.9 Å². The summed E-state index contributed by atoms with van der Waals surface area (Å²) in [6.07, 6.45) is 1.01. The molecule has 2 heterocycles. The third kappa shape index (κ3) is 3.12. The van der Waals surface area contributed by atoms with Gasteiger partial charge < -0.3 is 9.64 Å². The normalized spacial score (nSPS) is 17.0. The van der Waals surface area contributed by atoms with Crippen molar-refractivity contribution in [1.29, 1.82) is 0 Å². The van der Waals surface area contributed by atoms with Gasteiger partial charge in [-0.2, -0.15) is 0 Å². The number of carbonyl (C=O) groups is 2. The second-order valence-corrected chi connectivity index (χ2v) is 6.40. The molecule has 5 nitrogen and oxygen atoms in total. The topological polar surface area (TPSA) is 59.5 Å². The van der Waals surface area contributed by atoms with E-state index in [4.69, 9.17) is 4.74 Å². The van der Waals surface area contributed by atoms with Crippen molar-refractivity contribution in [3.8, 4) is 0 Å². The van der Waals surface area contributed by atoms with Crippen LogP contribution in [0.2, 0.25) is 0 Å². The summed E-state index contributed by atoms with van der Waals surface area (Å²) in [5, 5.41) is 2.93. The van der Waals surface area contributed by atoms with Gasteiger partial charge in [0.15, 0.2) is 0 Å². The first-order valence-electron chi connectivity index (χ1n) is 7.55. The molecule has 1 aromatic carbocycles. The molecule has 1 aliphatic heterocycles. The van der Waals surface area contributed by atoms with Crippen molar-refractivity contribution in [1.82, 2.24) is 4.98 Å². The highest BCUT2D eigenvalue weighted by Gasteiger charge is 2.34. The lowest BCUT2D eigenvalue weighted by molar-refractivity contribution is -0.148. The van der Waals surface area contributed by atoms with Crippen LogP contribution >= 0.6 is 11.3 Å². The molecule has 23 heavy (non-hydrogen) atoms. The molecule has 0 saturated heterocycles. The summed E-state index contributed by atoms with van der Waals surface area (Å²) in [6, 6.07) is 7.46. The smallest absolute Gasteiger partial charge is 0.314 e. The zero-order valence-electron chi connectivity index (χ0n) is 13.1. The molecule has 0 aliphatic carbocycles. The molecule has 1 amide bonds.